The van der Waals surface area contributed by atoms with Crippen LogP contribution in [-0.2, 0) is 0 Å². The fraction of sp³-hybridized carbons (Fsp3) is 0.200. The summed E-state index contributed by atoms with van der Waals surface area (Å²) in [4.78, 5) is 0. The summed E-state index contributed by atoms with van der Waals surface area (Å²) in [5.74, 6) is 0.101. The first-order chi connectivity index (χ1) is 7.72. The summed E-state index contributed by atoms with van der Waals surface area (Å²) in [5, 5.41) is 32.2. The summed E-state index contributed by atoms with van der Waals surface area (Å²) in [6, 6.07) is 2.99. The van der Waals surface area contributed by atoms with Crippen LogP contribution in [0.5, 0.6) is 11.5 Å². The molecule has 1 rings (SSSR count). The molecule has 0 saturated heterocycles. The van der Waals surface area contributed by atoms with Crippen molar-refractivity contribution >= 4 is 12.4 Å². The van der Waals surface area contributed by atoms with Gasteiger partial charge in [-0.3, -0.25) is 0 Å². The molecule has 0 bridgehead atoms. The van der Waals surface area contributed by atoms with Crippen molar-refractivity contribution in [1.29, 1.82) is 0 Å². The van der Waals surface area contributed by atoms with Gasteiger partial charge < -0.3 is 20.3 Å². The molecule has 0 spiro atoms. The van der Waals surface area contributed by atoms with E-state index in [0.29, 0.717) is 12.2 Å². The van der Waals surface area contributed by atoms with Crippen LogP contribution in [-0.4, -0.2) is 34.6 Å². The van der Waals surface area contributed by atoms with Crippen molar-refractivity contribution in [3.63, 3.8) is 0 Å². The monoisotopic (exact) mass is 224 g/mol. The topological polar surface area (TPSA) is 94.6 Å². The van der Waals surface area contributed by atoms with Crippen molar-refractivity contribution in [2.75, 3.05) is 6.61 Å². The van der Waals surface area contributed by atoms with E-state index in [4.69, 9.17) is 15.2 Å². The minimum absolute atomic E-state index is 0.130. The molecule has 86 valence electrons. The summed E-state index contributed by atoms with van der Waals surface area (Å²) in [6.45, 7) is 2.15. The Bertz CT molecular complexity index is 416. The number of phenols is 1. The largest absolute Gasteiger partial charge is 0.504 e. The first-order valence-electron chi connectivity index (χ1n) is 4.57. The molecule has 0 unspecified atom stereocenters. The smallest absolute Gasteiger partial charge is 0.166 e. The van der Waals surface area contributed by atoms with Crippen LogP contribution < -0.4 is 4.74 Å². The molecule has 6 nitrogen and oxygen atoms in total. The Balaban J connectivity index is 3.26. The van der Waals surface area contributed by atoms with Gasteiger partial charge in [-0.1, -0.05) is 10.3 Å². The molecule has 0 aliphatic carbocycles. The van der Waals surface area contributed by atoms with E-state index in [1.165, 1.54) is 18.3 Å². The van der Waals surface area contributed by atoms with E-state index >= 15 is 0 Å². The Hall–Kier alpha value is -2.24. The van der Waals surface area contributed by atoms with Crippen LogP contribution in [0.2, 0.25) is 0 Å². The number of phenolic OH excluding ortho intramolecular Hbond substituents is 1. The molecule has 0 aliphatic rings. The molecule has 0 saturated carbocycles. The highest BCUT2D eigenvalue weighted by Crippen LogP contribution is 2.30. The van der Waals surface area contributed by atoms with Crippen LogP contribution in [0.3, 0.4) is 0 Å². The normalized spacial score (nSPS) is 11.3. The van der Waals surface area contributed by atoms with Crippen LogP contribution in [0.15, 0.2) is 22.4 Å². The first-order valence-corrected chi connectivity index (χ1v) is 4.57. The molecule has 0 aliphatic heterocycles. The van der Waals surface area contributed by atoms with Gasteiger partial charge in [-0.05, 0) is 19.1 Å². The molecule has 1 aromatic rings. The van der Waals surface area contributed by atoms with Crippen LogP contribution in [0.4, 0.5) is 0 Å². The lowest BCUT2D eigenvalue weighted by molar-refractivity contribution is 0.315. The first kappa shape index (κ1) is 11.8. The molecular formula is C10H12N2O4. The second-order valence-electron chi connectivity index (χ2n) is 2.88. The summed E-state index contributed by atoms with van der Waals surface area (Å²) in [5.41, 5.74) is 0.780. The molecule has 3 N–H and O–H groups in total. The van der Waals surface area contributed by atoms with Gasteiger partial charge in [-0.15, -0.1) is 0 Å². The Morgan fingerprint density at radius 1 is 1.25 bits per heavy atom. The number of nitrogens with zero attached hydrogens (tertiary/aromatic N) is 2. The maximum absolute atomic E-state index is 9.71. The third kappa shape index (κ3) is 2.63. The van der Waals surface area contributed by atoms with E-state index in [0.717, 1.165) is 6.21 Å². The van der Waals surface area contributed by atoms with Crippen LogP contribution >= 0.6 is 0 Å². The molecule has 1 aromatic carbocycles. The van der Waals surface area contributed by atoms with Gasteiger partial charge in [0.05, 0.1) is 19.0 Å². The number of benzene rings is 1. The zero-order chi connectivity index (χ0) is 12.0. The Morgan fingerprint density at radius 3 is 2.50 bits per heavy atom. The van der Waals surface area contributed by atoms with Gasteiger partial charge in [0.1, 0.15) is 0 Å². The third-order valence-electron chi connectivity index (χ3n) is 1.83. The summed E-state index contributed by atoms with van der Waals surface area (Å²) in [6.07, 6.45) is 2.24. The third-order valence-corrected chi connectivity index (χ3v) is 1.83. The lowest BCUT2D eigenvalue weighted by Gasteiger charge is -2.08. The van der Waals surface area contributed by atoms with Gasteiger partial charge in [0, 0.05) is 11.1 Å². The van der Waals surface area contributed by atoms with E-state index in [1.807, 2.05) is 0 Å². The van der Waals surface area contributed by atoms with Crippen molar-refractivity contribution in [2.24, 2.45) is 10.3 Å². The Labute approximate surface area is 92.1 Å². The fourth-order valence-electron chi connectivity index (χ4n) is 1.22. The molecule has 16 heavy (non-hydrogen) atoms. The zero-order valence-corrected chi connectivity index (χ0v) is 8.66. The van der Waals surface area contributed by atoms with Gasteiger partial charge in [-0.25, -0.2) is 0 Å². The minimum Gasteiger partial charge on any atom is -0.504 e. The molecule has 0 fully saturated rings. The van der Waals surface area contributed by atoms with Gasteiger partial charge in [0.15, 0.2) is 11.5 Å². The van der Waals surface area contributed by atoms with Crippen LogP contribution in [0, 0.1) is 0 Å². The number of ether oxygens (including phenoxy) is 1. The predicted molar refractivity (Wildman–Crippen MR) is 58.0 cm³/mol. The quantitative estimate of drug-likeness (QED) is 0.409. The van der Waals surface area contributed by atoms with Crippen LogP contribution in [0.25, 0.3) is 0 Å². The van der Waals surface area contributed by atoms with Crippen molar-refractivity contribution in [1.82, 2.24) is 0 Å². The van der Waals surface area contributed by atoms with Gasteiger partial charge in [0.2, 0.25) is 0 Å². The summed E-state index contributed by atoms with van der Waals surface area (Å²) in [7, 11) is 0. The molecule has 0 amide bonds. The Morgan fingerprint density at radius 2 is 1.94 bits per heavy atom. The highest BCUT2D eigenvalue weighted by molar-refractivity contribution is 5.90. The summed E-state index contributed by atoms with van der Waals surface area (Å²) < 4.78 is 5.17. The van der Waals surface area contributed by atoms with Crippen molar-refractivity contribution in [3.05, 3.63) is 23.3 Å². The lowest BCUT2D eigenvalue weighted by atomic mass is 10.1. The van der Waals surface area contributed by atoms with Gasteiger partial charge in [0.25, 0.3) is 0 Å². The Kier molecular flexibility index (Phi) is 4.14. The van der Waals surface area contributed by atoms with Gasteiger partial charge >= 0.3 is 0 Å². The lowest BCUT2D eigenvalue weighted by Crippen LogP contribution is -1.96. The predicted octanol–water partition coefficient (Wildman–Crippen LogP) is 1.41. The van der Waals surface area contributed by atoms with E-state index in [2.05, 4.69) is 10.3 Å². The summed E-state index contributed by atoms with van der Waals surface area (Å²) >= 11 is 0. The van der Waals surface area contributed by atoms with Crippen molar-refractivity contribution in [3.8, 4) is 11.5 Å². The second kappa shape index (κ2) is 5.59. The number of aromatic hydroxyl groups is 1. The van der Waals surface area contributed by atoms with E-state index < -0.39 is 0 Å². The second-order valence-corrected chi connectivity index (χ2v) is 2.88. The molecule has 0 aromatic heterocycles. The minimum atomic E-state index is -0.130. The number of rotatable bonds is 4. The van der Waals surface area contributed by atoms with Crippen LogP contribution in [0.1, 0.15) is 18.1 Å². The van der Waals surface area contributed by atoms with E-state index in [9.17, 15) is 5.11 Å². The molecule has 0 heterocycles. The maximum atomic E-state index is 9.71. The van der Waals surface area contributed by atoms with Gasteiger partial charge in [-0.2, -0.15) is 0 Å². The fourth-order valence-corrected chi connectivity index (χ4v) is 1.22. The SMILES string of the molecule is CCOc1cc(C=NO)cc(/C=N/O)c1O. The average Bonchev–Trinajstić information content (AvgIpc) is 2.26. The molecular weight excluding hydrogens is 212 g/mol. The van der Waals surface area contributed by atoms with Crippen molar-refractivity contribution in [2.45, 2.75) is 6.92 Å². The zero-order valence-electron chi connectivity index (χ0n) is 8.66. The number of hydrogen-bond donors (Lipinski definition) is 3. The van der Waals surface area contributed by atoms with E-state index in [-0.39, 0.29) is 17.1 Å². The van der Waals surface area contributed by atoms with E-state index in [1.54, 1.807) is 6.92 Å². The number of hydrogen-bond acceptors (Lipinski definition) is 6. The maximum Gasteiger partial charge on any atom is 0.166 e. The molecule has 6 heteroatoms. The highest BCUT2D eigenvalue weighted by atomic mass is 16.5. The number of oxime groups is 2. The highest BCUT2D eigenvalue weighted by Gasteiger charge is 2.09. The standard InChI is InChI=1S/C10H12N2O4/c1-2-16-9-4-7(5-11-14)3-8(6-12-15)10(9)13/h3-6,13-15H,2H2,1H3/b11-5?,12-6+. The molecule has 0 atom stereocenters. The average molecular weight is 224 g/mol. The van der Waals surface area contributed by atoms with Crippen molar-refractivity contribution < 1.29 is 20.3 Å². The molecule has 0 radical (unpaired) electrons.